The van der Waals surface area contributed by atoms with Gasteiger partial charge in [0.05, 0.1) is 26.3 Å². The monoisotopic (exact) mass is 360 g/mol. The highest BCUT2D eigenvalue weighted by Gasteiger charge is 2.21. The Morgan fingerprint density at radius 1 is 1.32 bits per heavy atom. The molecular weight excluding hydrogens is 336 g/mol. The number of benzene rings is 1. The van der Waals surface area contributed by atoms with E-state index in [0.29, 0.717) is 23.8 Å². The Morgan fingerprint density at radius 2 is 2.12 bits per heavy atom. The number of likely N-dealkylation sites (tertiary alicyclic amines) is 1. The molecule has 0 N–H and O–H groups in total. The number of methoxy groups -OCH3 is 2. The maximum atomic E-state index is 12.5. The molecule has 1 amide bonds. The summed E-state index contributed by atoms with van der Waals surface area (Å²) in [5.41, 5.74) is 1.80. The quantitative estimate of drug-likeness (QED) is 0.817. The van der Waals surface area contributed by atoms with E-state index in [9.17, 15) is 4.79 Å². The summed E-state index contributed by atoms with van der Waals surface area (Å²) in [4.78, 5) is 19.1. The fourth-order valence-electron chi connectivity index (χ4n) is 3.17. The molecule has 1 aliphatic rings. The Bertz CT molecular complexity index is 744. The highest BCUT2D eigenvalue weighted by Crippen LogP contribution is 2.33. The summed E-state index contributed by atoms with van der Waals surface area (Å²) in [6.45, 7) is 3.94. The maximum Gasteiger partial charge on any atom is 0.228 e. The third-order valence-corrected chi connectivity index (χ3v) is 5.46. The van der Waals surface area contributed by atoms with Crippen LogP contribution < -0.4 is 9.47 Å². The number of piperidine rings is 1. The Balaban J connectivity index is 1.71. The highest BCUT2D eigenvalue weighted by molar-refractivity contribution is 7.13. The van der Waals surface area contributed by atoms with Crippen molar-refractivity contribution in [2.45, 2.75) is 26.2 Å². The number of nitrogens with zero attached hydrogens (tertiary/aromatic N) is 2. The number of hydrogen-bond donors (Lipinski definition) is 0. The molecule has 0 saturated carbocycles. The van der Waals surface area contributed by atoms with Crippen LogP contribution in [0.4, 0.5) is 0 Å². The lowest BCUT2D eigenvalue weighted by Gasteiger charge is -2.30. The van der Waals surface area contributed by atoms with Crippen molar-refractivity contribution in [3.8, 4) is 22.1 Å². The van der Waals surface area contributed by atoms with Crippen molar-refractivity contribution in [2.75, 3.05) is 27.3 Å². The van der Waals surface area contributed by atoms with Crippen molar-refractivity contribution in [1.82, 2.24) is 9.88 Å². The van der Waals surface area contributed by atoms with Gasteiger partial charge in [-0.25, -0.2) is 4.98 Å². The van der Waals surface area contributed by atoms with Crippen molar-refractivity contribution < 1.29 is 14.3 Å². The van der Waals surface area contributed by atoms with E-state index in [2.05, 4.69) is 11.9 Å². The fraction of sp³-hybridized carbons (Fsp3) is 0.474. The lowest BCUT2D eigenvalue weighted by atomic mass is 10.00. The van der Waals surface area contributed by atoms with E-state index in [1.54, 1.807) is 25.6 Å². The molecule has 0 bridgehead atoms. The molecule has 6 heteroatoms. The molecule has 1 unspecified atom stereocenters. The number of thiazole rings is 1. The molecule has 134 valence electrons. The van der Waals surface area contributed by atoms with Gasteiger partial charge in [-0.2, -0.15) is 0 Å². The average Bonchev–Trinajstić information content (AvgIpc) is 3.09. The van der Waals surface area contributed by atoms with Gasteiger partial charge in [-0.05, 0) is 37.0 Å². The number of carbonyl (C=O) groups excluding carboxylic acids is 1. The molecule has 1 fully saturated rings. The molecular formula is C19H24N2O3S. The van der Waals surface area contributed by atoms with Gasteiger partial charge in [0.25, 0.3) is 0 Å². The molecule has 1 aromatic carbocycles. The summed E-state index contributed by atoms with van der Waals surface area (Å²) in [6.07, 6.45) is 2.68. The minimum absolute atomic E-state index is 0.177. The van der Waals surface area contributed by atoms with Crippen molar-refractivity contribution in [3.63, 3.8) is 0 Å². The number of amides is 1. The highest BCUT2D eigenvalue weighted by atomic mass is 32.1. The SMILES string of the molecule is COc1ccc(-c2nc(CC(=O)N3CCCC(C)C3)cs2)cc1OC. The van der Waals surface area contributed by atoms with Crippen LogP contribution in [0.1, 0.15) is 25.5 Å². The van der Waals surface area contributed by atoms with Crippen LogP contribution in [0.2, 0.25) is 0 Å². The fourth-order valence-corrected chi connectivity index (χ4v) is 3.99. The summed E-state index contributed by atoms with van der Waals surface area (Å²) in [6, 6.07) is 5.74. The molecule has 0 aliphatic carbocycles. The summed E-state index contributed by atoms with van der Waals surface area (Å²) in [7, 11) is 3.24. The molecule has 25 heavy (non-hydrogen) atoms. The van der Waals surface area contributed by atoms with E-state index in [1.807, 2.05) is 28.5 Å². The number of carbonyl (C=O) groups is 1. The number of ether oxygens (including phenoxy) is 2. The molecule has 0 radical (unpaired) electrons. The topological polar surface area (TPSA) is 51.7 Å². The molecule has 1 aliphatic heterocycles. The van der Waals surface area contributed by atoms with Crippen molar-refractivity contribution in [3.05, 3.63) is 29.3 Å². The number of hydrogen-bond acceptors (Lipinski definition) is 5. The largest absolute Gasteiger partial charge is 0.493 e. The molecule has 1 aromatic heterocycles. The molecule has 2 heterocycles. The van der Waals surface area contributed by atoms with Crippen LogP contribution in [0.5, 0.6) is 11.5 Å². The van der Waals surface area contributed by atoms with E-state index in [-0.39, 0.29) is 5.91 Å². The summed E-state index contributed by atoms with van der Waals surface area (Å²) < 4.78 is 10.6. The maximum absolute atomic E-state index is 12.5. The third-order valence-electron chi connectivity index (χ3n) is 4.52. The van der Waals surface area contributed by atoms with Gasteiger partial charge in [0.15, 0.2) is 11.5 Å². The Hall–Kier alpha value is -2.08. The Morgan fingerprint density at radius 3 is 2.84 bits per heavy atom. The van der Waals surface area contributed by atoms with Gasteiger partial charge in [-0.15, -0.1) is 11.3 Å². The number of rotatable bonds is 5. The van der Waals surface area contributed by atoms with Gasteiger partial charge in [-0.3, -0.25) is 4.79 Å². The zero-order valence-corrected chi connectivity index (χ0v) is 15.8. The van der Waals surface area contributed by atoms with Crippen LogP contribution in [0.3, 0.4) is 0 Å². The minimum atomic E-state index is 0.177. The van der Waals surface area contributed by atoms with Gasteiger partial charge in [-0.1, -0.05) is 6.92 Å². The predicted molar refractivity (Wildman–Crippen MR) is 99.3 cm³/mol. The zero-order valence-electron chi connectivity index (χ0n) is 14.9. The number of aromatic nitrogens is 1. The second-order valence-electron chi connectivity index (χ2n) is 6.48. The normalized spacial score (nSPS) is 17.4. The van der Waals surface area contributed by atoms with Crippen molar-refractivity contribution >= 4 is 17.2 Å². The van der Waals surface area contributed by atoms with Gasteiger partial charge >= 0.3 is 0 Å². The summed E-state index contributed by atoms with van der Waals surface area (Å²) in [5, 5.41) is 2.85. The first kappa shape index (κ1) is 17.7. The smallest absolute Gasteiger partial charge is 0.228 e. The van der Waals surface area contributed by atoms with Crippen LogP contribution in [-0.4, -0.2) is 43.1 Å². The first-order chi connectivity index (χ1) is 12.1. The summed E-state index contributed by atoms with van der Waals surface area (Å²) >= 11 is 1.55. The van der Waals surface area contributed by atoms with Gasteiger partial charge < -0.3 is 14.4 Å². The summed E-state index contributed by atoms with van der Waals surface area (Å²) in [5.74, 6) is 2.14. The van der Waals surface area contributed by atoms with E-state index < -0.39 is 0 Å². The molecule has 1 atom stereocenters. The molecule has 1 saturated heterocycles. The van der Waals surface area contributed by atoms with E-state index in [4.69, 9.17) is 9.47 Å². The molecule has 3 rings (SSSR count). The van der Waals surface area contributed by atoms with Crippen LogP contribution in [0, 0.1) is 5.92 Å². The predicted octanol–water partition coefficient (Wildman–Crippen LogP) is 3.63. The van der Waals surface area contributed by atoms with Gasteiger partial charge in [0, 0.05) is 24.0 Å². The van der Waals surface area contributed by atoms with Crippen LogP contribution in [0.25, 0.3) is 10.6 Å². The van der Waals surface area contributed by atoms with Crippen LogP contribution >= 0.6 is 11.3 Å². The first-order valence-electron chi connectivity index (χ1n) is 8.55. The van der Waals surface area contributed by atoms with Crippen molar-refractivity contribution in [1.29, 1.82) is 0 Å². The Kier molecular flexibility index (Phi) is 5.58. The van der Waals surface area contributed by atoms with E-state index in [0.717, 1.165) is 35.8 Å². The second kappa shape index (κ2) is 7.87. The van der Waals surface area contributed by atoms with Gasteiger partial charge in [0.2, 0.25) is 5.91 Å². The van der Waals surface area contributed by atoms with Crippen LogP contribution in [-0.2, 0) is 11.2 Å². The zero-order chi connectivity index (χ0) is 17.8. The molecule has 5 nitrogen and oxygen atoms in total. The second-order valence-corrected chi connectivity index (χ2v) is 7.34. The standard InChI is InChI=1S/C19H24N2O3S/c1-13-5-4-8-21(11-13)18(22)10-15-12-25-19(20-15)14-6-7-16(23-2)17(9-14)24-3/h6-7,9,12-13H,4-5,8,10-11H2,1-3H3. The Labute approximate surface area is 152 Å². The first-order valence-corrected chi connectivity index (χ1v) is 9.43. The van der Waals surface area contributed by atoms with E-state index in [1.165, 1.54) is 6.42 Å². The minimum Gasteiger partial charge on any atom is -0.493 e. The molecule has 0 spiro atoms. The van der Waals surface area contributed by atoms with Crippen molar-refractivity contribution in [2.24, 2.45) is 5.92 Å². The van der Waals surface area contributed by atoms with E-state index >= 15 is 0 Å². The molecule has 2 aromatic rings. The van der Waals surface area contributed by atoms with Gasteiger partial charge in [0.1, 0.15) is 5.01 Å². The lowest BCUT2D eigenvalue weighted by molar-refractivity contribution is -0.132. The third kappa shape index (κ3) is 4.12. The van der Waals surface area contributed by atoms with Crippen LogP contribution in [0.15, 0.2) is 23.6 Å². The lowest BCUT2D eigenvalue weighted by Crippen LogP contribution is -2.39. The average molecular weight is 360 g/mol.